The summed E-state index contributed by atoms with van der Waals surface area (Å²) in [6.07, 6.45) is 4.53. The van der Waals surface area contributed by atoms with Gasteiger partial charge in [0.1, 0.15) is 17.9 Å². The van der Waals surface area contributed by atoms with Gasteiger partial charge in [0.25, 0.3) is 0 Å². The van der Waals surface area contributed by atoms with Crippen LogP contribution in [0.1, 0.15) is 23.1 Å². The fourth-order valence-electron chi connectivity index (χ4n) is 2.77. The summed E-state index contributed by atoms with van der Waals surface area (Å²) >= 11 is 0. The van der Waals surface area contributed by atoms with Gasteiger partial charge in [0, 0.05) is 16.5 Å². The Labute approximate surface area is 111 Å². The molecule has 98 valence electrons. The largest absolute Gasteiger partial charge is 0.489 e. The van der Waals surface area contributed by atoms with Crippen molar-refractivity contribution < 1.29 is 9.15 Å². The van der Waals surface area contributed by atoms with Crippen molar-refractivity contribution in [2.75, 3.05) is 6.61 Å². The molecule has 2 aromatic rings. The summed E-state index contributed by atoms with van der Waals surface area (Å²) in [6.45, 7) is 6.00. The first-order valence-corrected chi connectivity index (χ1v) is 6.54. The minimum absolute atomic E-state index is 0.191. The van der Waals surface area contributed by atoms with Crippen LogP contribution < -0.4 is 10.4 Å². The first-order chi connectivity index (χ1) is 9.22. The molecule has 0 fully saturated rings. The van der Waals surface area contributed by atoms with Crippen LogP contribution in [0.3, 0.4) is 0 Å². The lowest BCUT2D eigenvalue weighted by atomic mass is 10.0. The molecule has 0 atom stereocenters. The monoisotopic (exact) mass is 256 g/mol. The maximum absolute atomic E-state index is 12.0. The Bertz CT molecular complexity index is 710. The molecule has 0 N–H and O–H groups in total. The molecule has 1 aromatic heterocycles. The summed E-state index contributed by atoms with van der Waals surface area (Å²) in [5, 5.41) is 1.05. The standard InChI is InChI=1S/C16H16O3/c1-3-9-18-14-8-7-12-11-5-4-6-13(11)16(17)19-15(12)10(14)2/h3,7-8H,1,4-6,9H2,2H3. The van der Waals surface area contributed by atoms with Gasteiger partial charge in [0.2, 0.25) is 0 Å². The van der Waals surface area contributed by atoms with Gasteiger partial charge in [-0.1, -0.05) is 12.7 Å². The SMILES string of the molecule is C=CCOc1ccc2c3c(c(=O)oc2c1C)CCC3. The summed E-state index contributed by atoms with van der Waals surface area (Å²) in [7, 11) is 0. The normalized spacial score (nSPS) is 13.5. The zero-order valence-corrected chi connectivity index (χ0v) is 11.0. The van der Waals surface area contributed by atoms with E-state index in [4.69, 9.17) is 9.15 Å². The highest BCUT2D eigenvalue weighted by molar-refractivity contribution is 5.86. The Hall–Kier alpha value is -2.03. The van der Waals surface area contributed by atoms with Crippen LogP contribution in [-0.2, 0) is 12.8 Å². The Morgan fingerprint density at radius 3 is 2.95 bits per heavy atom. The van der Waals surface area contributed by atoms with E-state index in [9.17, 15) is 4.79 Å². The lowest BCUT2D eigenvalue weighted by molar-refractivity contribution is 0.360. The van der Waals surface area contributed by atoms with Crippen molar-refractivity contribution in [3.8, 4) is 5.75 Å². The summed E-state index contributed by atoms with van der Waals surface area (Å²) in [4.78, 5) is 12.0. The molecule has 1 heterocycles. The van der Waals surface area contributed by atoms with Crippen LogP contribution in [0.5, 0.6) is 5.75 Å². The molecule has 0 saturated carbocycles. The van der Waals surface area contributed by atoms with Crippen LogP contribution in [0, 0.1) is 6.92 Å². The molecule has 1 aliphatic rings. The third kappa shape index (κ3) is 1.86. The van der Waals surface area contributed by atoms with Crippen LogP contribution in [0.25, 0.3) is 11.0 Å². The predicted octanol–water partition coefficient (Wildman–Crippen LogP) is 3.15. The van der Waals surface area contributed by atoms with E-state index in [1.54, 1.807) is 6.08 Å². The van der Waals surface area contributed by atoms with Gasteiger partial charge in [0.15, 0.2) is 0 Å². The van der Waals surface area contributed by atoms with Crippen molar-refractivity contribution in [1.29, 1.82) is 0 Å². The maximum atomic E-state index is 12.0. The molecular formula is C16H16O3. The van der Waals surface area contributed by atoms with Crippen molar-refractivity contribution in [2.45, 2.75) is 26.2 Å². The van der Waals surface area contributed by atoms with E-state index in [2.05, 4.69) is 6.58 Å². The second-order valence-corrected chi connectivity index (χ2v) is 4.87. The van der Waals surface area contributed by atoms with Gasteiger partial charge >= 0.3 is 5.63 Å². The van der Waals surface area contributed by atoms with Crippen LogP contribution in [0.4, 0.5) is 0 Å². The highest BCUT2D eigenvalue weighted by atomic mass is 16.5. The van der Waals surface area contributed by atoms with Crippen molar-refractivity contribution in [2.24, 2.45) is 0 Å². The van der Waals surface area contributed by atoms with E-state index in [1.165, 1.54) is 0 Å². The molecule has 0 spiro atoms. The zero-order valence-electron chi connectivity index (χ0n) is 11.0. The lowest BCUT2D eigenvalue weighted by Gasteiger charge is -2.11. The molecule has 0 amide bonds. The van der Waals surface area contributed by atoms with Crippen LogP contribution in [0.2, 0.25) is 0 Å². The molecule has 0 radical (unpaired) electrons. The Kier molecular flexibility index (Phi) is 2.90. The molecule has 19 heavy (non-hydrogen) atoms. The minimum atomic E-state index is -0.191. The second-order valence-electron chi connectivity index (χ2n) is 4.87. The van der Waals surface area contributed by atoms with E-state index >= 15 is 0 Å². The Balaban J connectivity index is 2.24. The number of hydrogen-bond donors (Lipinski definition) is 0. The molecule has 0 aliphatic heterocycles. The van der Waals surface area contributed by atoms with Crippen molar-refractivity contribution in [3.63, 3.8) is 0 Å². The Morgan fingerprint density at radius 1 is 1.37 bits per heavy atom. The number of rotatable bonds is 3. The average Bonchev–Trinajstić information content (AvgIpc) is 2.89. The van der Waals surface area contributed by atoms with E-state index in [0.29, 0.717) is 12.2 Å². The van der Waals surface area contributed by atoms with Crippen LogP contribution >= 0.6 is 0 Å². The molecule has 3 rings (SSSR count). The number of benzene rings is 1. The summed E-state index contributed by atoms with van der Waals surface area (Å²) in [5.41, 5.74) is 3.36. The average molecular weight is 256 g/mol. The second kappa shape index (κ2) is 4.57. The lowest BCUT2D eigenvalue weighted by Crippen LogP contribution is -2.07. The van der Waals surface area contributed by atoms with E-state index in [0.717, 1.165) is 47.1 Å². The molecule has 0 unspecified atom stereocenters. The Morgan fingerprint density at radius 2 is 2.16 bits per heavy atom. The van der Waals surface area contributed by atoms with Crippen molar-refractivity contribution in [3.05, 3.63) is 51.9 Å². The number of fused-ring (bicyclic) bond motifs is 3. The molecular weight excluding hydrogens is 240 g/mol. The third-order valence-electron chi connectivity index (χ3n) is 3.70. The van der Waals surface area contributed by atoms with E-state index in [-0.39, 0.29) is 5.63 Å². The summed E-state index contributed by atoms with van der Waals surface area (Å²) < 4.78 is 11.1. The van der Waals surface area contributed by atoms with Crippen LogP contribution in [0.15, 0.2) is 34.0 Å². The van der Waals surface area contributed by atoms with E-state index in [1.807, 2.05) is 19.1 Å². The molecule has 0 bridgehead atoms. The topological polar surface area (TPSA) is 39.4 Å². The summed E-state index contributed by atoms with van der Waals surface area (Å²) in [5.74, 6) is 0.744. The van der Waals surface area contributed by atoms with E-state index < -0.39 is 0 Å². The highest BCUT2D eigenvalue weighted by Crippen LogP contribution is 2.32. The van der Waals surface area contributed by atoms with Gasteiger partial charge in [-0.05, 0) is 43.9 Å². The summed E-state index contributed by atoms with van der Waals surface area (Å²) in [6, 6.07) is 3.94. The number of ether oxygens (including phenoxy) is 1. The van der Waals surface area contributed by atoms with Gasteiger partial charge in [-0.15, -0.1) is 0 Å². The first-order valence-electron chi connectivity index (χ1n) is 6.54. The van der Waals surface area contributed by atoms with Gasteiger partial charge in [0.05, 0.1) is 0 Å². The third-order valence-corrected chi connectivity index (χ3v) is 3.70. The molecule has 0 saturated heterocycles. The molecule has 1 aliphatic carbocycles. The molecule has 1 aromatic carbocycles. The smallest absolute Gasteiger partial charge is 0.339 e. The first kappa shape index (κ1) is 12.0. The van der Waals surface area contributed by atoms with Gasteiger partial charge < -0.3 is 9.15 Å². The minimum Gasteiger partial charge on any atom is -0.489 e. The fraction of sp³-hybridized carbons (Fsp3) is 0.312. The maximum Gasteiger partial charge on any atom is 0.339 e. The molecule has 3 heteroatoms. The van der Waals surface area contributed by atoms with Gasteiger partial charge in [-0.2, -0.15) is 0 Å². The van der Waals surface area contributed by atoms with Crippen molar-refractivity contribution >= 4 is 11.0 Å². The number of hydrogen-bond acceptors (Lipinski definition) is 3. The number of aryl methyl sites for hydroxylation is 2. The fourth-order valence-corrected chi connectivity index (χ4v) is 2.77. The van der Waals surface area contributed by atoms with Gasteiger partial charge in [-0.3, -0.25) is 0 Å². The predicted molar refractivity (Wildman–Crippen MR) is 74.9 cm³/mol. The van der Waals surface area contributed by atoms with Crippen molar-refractivity contribution in [1.82, 2.24) is 0 Å². The highest BCUT2D eigenvalue weighted by Gasteiger charge is 2.21. The zero-order chi connectivity index (χ0) is 13.4. The molecule has 3 nitrogen and oxygen atoms in total. The van der Waals surface area contributed by atoms with Crippen LogP contribution in [-0.4, -0.2) is 6.61 Å². The van der Waals surface area contributed by atoms with Gasteiger partial charge in [-0.25, -0.2) is 4.79 Å². The quantitative estimate of drug-likeness (QED) is 0.625.